The van der Waals surface area contributed by atoms with Crippen molar-refractivity contribution in [2.45, 2.75) is 13.0 Å². The van der Waals surface area contributed by atoms with E-state index in [1.165, 1.54) is 12.5 Å². The van der Waals surface area contributed by atoms with Gasteiger partial charge in [0.15, 0.2) is 0 Å². The van der Waals surface area contributed by atoms with Crippen molar-refractivity contribution >= 4 is 5.91 Å². The van der Waals surface area contributed by atoms with Crippen LogP contribution in [0, 0.1) is 0 Å². The van der Waals surface area contributed by atoms with E-state index in [1.54, 1.807) is 6.07 Å². The summed E-state index contributed by atoms with van der Waals surface area (Å²) in [7, 11) is 0. The van der Waals surface area contributed by atoms with Gasteiger partial charge in [-0.2, -0.15) is 8.78 Å². The molecular formula is C7H7F2NO2. The number of hydrogen-bond donors (Lipinski definition) is 1. The Kier molecular flexibility index (Phi) is 2.79. The smallest absolute Gasteiger partial charge is 0.315 e. The third-order valence-corrected chi connectivity index (χ3v) is 1.25. The van der Waals surface area contributed by atoms with Gasteiger partial charge in [-0.3, -0.25) is 4.79 Å². The third kappa shape index (κ3) is 2.34. The molecule has 0 saturated heterocycles. The summed E-state index contributed by atoms with van der Waals surface area (Å²) >= 11 is 0. The molecule has 0 aliphatic rings. The van der Waals surface area contributed by atoms with Gasteiger partial charge in [0.1, 0.15) is 0 Å². The summed E-state index contributed by atoms with van der Waals surface area (Å²) in [4.78, 5) is 10.3. The monoisotopic (exact) mass is 175 g/mol. The van der Waals surface area contributed by atoms with E-state index in [2.05, 4.69) is 4.42 Å². The van der Waals surface area contributed by atoms with Crippen LogP contribution in [0.25, 0.3) is 0 Å². The van der Waals surface area contributed by atoms with E-state index in [1.807, 2.05) is 5.32 Å². The maximum Gasteiger partial charge on any atom is 0.315 e. The molecule has 66 valence electrons. The predicted molar refractivity (Wildman–Crippen MR) is 36.6 cm³/mol. The number of furan rings is 1. The Morgan fingerprint density at radius 3 is 2.92 bits per heavy atom. The molecule has 1 aromatic rings. The molecule has 0 atom stereocenters. The maximum absolute atomic E-state index is 11.6. The second-order valence-corrected chi connectivity index (χ2v) is 2.15. The van der Waals surface area contributed by atoms with Crippen molar-refractivity contribution in [3.8, 4) is 0 Å². The zero-order valence-corrected chi connectivity index (χ0v) is 6.09. The summed E-state index contributed by atoms with van der Waals surface area (Å²) < 4.78 is 27.9. The first kappa shape index (κ1) is 8.70. The van der Waals surface area contributed by atoms with E-state index in [-0.39, 0.29) is 6.54 Å². The van der Waals surface area contributed by atoms with Gasteiger partial charge >= 0.3 is 6.43 Å². The zero-order chi connectivity index (χ0) is 8.97. The first-order valence-corrected chi connectivity index (χ1v) is 3.27. The van der Waals surface area contributed by atoms with E-state index >= 15 is 0 Å². The van der Waals surface area contributed by atoms with Crippen molar-refractivity contribution in [1.82, 2.24) is 5.32 Å². The van der Waals surface area contributed by atoms with Crippen molar-refractivity contribution in [3.63, 3.8) is 0 Å². The molecule has 0 unspecified atom stereocenters. The Hall–Kier alpha value is -1.39. The van der Waals surface area contributed by atoms with Crippen molar-refractivity contribution in [1.29, 1.82) is 0 Å². The number of nitrogens with one attached hydrogen (secondary N) is 1. The zero-order valence-electron chi connectivity index (χ0n) is 6.09. The standard InChI is InChI=1S/C7H7F2NO2/c8-6(9)7(11)10-3-5-1-2-12-4-5/h1-2,4,6H,3H2,(H,10,11). The quantitative estimate of drug-likeness (QED) is 0.748. The van der Waals surface area contributed by atoms with Crippen LogP contribution in [0.5, 0.6) is 0 Å². The summed E-state index contributed by atoms with van der Waals surface area (Å²) in [6.45, 7) is 0.0691. The topological polar surface area (TPSA) is 42.2 Å². The molecule has 1 aromatic heterocycles. The van der Waals surface area contributed by atoms with Crippen LogP contribution in [-0.2, 0) is 11.3 Å². The highest BCUT2D eigenvalue weighted by Gasteiger charge is 2.13. The molecule has 1 amide bonds. The minimum atomic E-state index is -2.96. The predicted octanol–water partition coefficient (Wildman–Crippen LogP) is 1.16. The van der Waals surface area contributed by atoms with Crippen molar-refractivity contribution in [3.05, 3.63) is 24.2 Å². The molecule has 0 aliphatic carbocycles. The Balaban J connectivity index is 2.32. The summed E-state index contributed by atoms with van der Waals surface area (Å²) in [5.41, 5.74) is 0.656. The van der Waals surface area contributed by atoms with Gasteiger partial charge in [-0.25, -0.2) is 0 Å². The van der Waals surface area contributed by atoms with Crippen molar-refractivity contribution in [2.24, 2.45) is 0 Å². The average molecular weight is 175 g/mol. The van der Waals surface area contributed by atoms with Gasteiger partial charge in [0.25, 0.3) is 5.91 Å². The van der Waals surface area contributed by atoms with Gasteiger partial charge < -0.3 is 9.73 Å². The van der Waals surface area contributed by atoms with E-state index in [4.69, 9.17) is 0 Å². The lowest BCUT2D eigenvalue weighted by molar-refractivity contribution is -0.131. The lowest BCUT2D eigenvalue weighted by Gasteiger charge is -2.00. The Morgan fingerprint density at radius 2 is 2.42 bits per heavy atom. The van der Waals surface area contributed by atoms with Gasteiger partial charge in [-0.05, 0) is 6.07 Å². The van der Waals surface area contributed by atoms with Crippen LogP contribution in [0.4, 0.5) is 8.78 Å². The molecule has 3 nitrogen and oxygen atoms in total. The highest BCUT2D eigenvalue weighted by molar-refractivity contribution is 5.78. The number of carbonyl (C=O) groups is 1. The molecule has 0 aromatic carbocycles. The van der Waals surface area contributed by atoms with E-state index in [0.717, 1.165) is 0 Å². The molecular weight excluding hydrogens is 168 g/mol. The minimum Gasteiger partial charge on any atom is -0.472 e. The molecule has 1 N–H and O–H groups in total. The number of rotatable bonds is 3. The van der Waals surface area contributed by atoms with Gasteiger partial charge in [0, 0.05) is 12.1 Å². The Bertz CT molecular complexity index is 246. The second-order valence-electron chi connectivity index (χ2n) is 2.15. The highest BCUT2D eigenvalue weighted by Crippen LogP contribution is 1.99. The fourth-order valence-electron chi connectivity index (χ4n) is 0.660. The minimum absolute atomic E-state index is 0.0691. The first-order valence-electron chi connectivity index (χ1n) is 3.27. The highest BCUT2D eigenvalue weighted by atomic mass is 19.3. The van der Waals surface area contributed by atoms with Gasteiger partial charge in [0.05, 0.1) is 12.5 Å². The second kappa shape index (κ2) is 3.85. The van der Waals surface area contributed by atoms with E-state index in [0.29, 0.717) is 5.56 Å². The third-order valence-electron chi connectivity index (χ3n) is 1.25. The Morgan fingerprint density at radius 1 is 1.67 bits per heavy atom. The van der Waals surface area contributed by atoms with Crippen LogP contribution in [0.1, 0.15) is 5.56 Å². The first-order chi connectivity index (χ1) is 5.70. The van der Waals surface area contributed by atoms with Gasteiger partial charge in [0.2, 0.25) is 0 Å². The number of alkyl halides is 2. The summed E-state index contributed by atoms with van der Waals surface area (Å²) in [6.07, 6.45) is -0.174. The van der Waals surface area contributed by atoms with Crippen LogP contribution >= 0.6 is 0 Å². The average Bonchev–Trinajstić information content (AvgIpc) is 2.51. The van der Waals surface area contributed by atoms with E-state index in [9.17, 15) is 13.6 Å². The molecule has 12 heavy (non-hydrogen) atoms. The fraction of sp³-hybridized carbons (Fsp3) is 0.286. The Labute approximate surface area is 67.4 Å². The SMILES string of the molecule is O=C(NCc1ccoc1)C(F)F. The van der Waals surface area contributed by atoms with Crippen LogP contribution < -0.4 is 5.32 Å². The van der Waals surface area contributed by atoms with Crippen LogP contribution in [0.15, 0.2) is 23.0 Å². The van der Waals surface area contributed by atoms with Crippen LogP contribution in [0.3, 0.4) is 0 Å². The summed E-state index contributed by atoms with van der Waals surface area (Å²) in [6, 6.07) is 1.59. The van der Waals surface area contributed by atoms with Gasteiger partial charge in [-0.1, -0.05) is 0 Å². The number of hydrogen-bond acceptors (Lipinski definition) is 2. The number of carbonyl (C=O) groups excluding carboxylic acids is 1. The van der Waals surface area contributed by atoms with Crippen LogP contribution in [0.2, 0.25) is 0 Å². The van der Waals surface area contributed by atoms with E-state index < -0.39 is 12.3 Å². The molecule has 0 aliphatic heterocycles. The molecule has 1 heterocycles. The summed E-state index contributed by atoms with van der Waals surface area (Å²) in [5, 5.41) is 2.04. The summed E-state index contributed by atoms with van der Waals surface area (Å²) in [5.74, 6) is -1.27. The van der Waals surface area contributed by atoms with Crippen molar-refractivity contribution < 1.29 is 18.0 Å². The normalized spacial score (nSPS) is 10.2. The molecule has 0 spiro atoms. The number of halogens is 2. The molecule has 0 fully saturated rings. The number of amides is 1. The molecule has 0 radical (unpaired) electrons. The molecule has 5 heteroatoms. The maximum atomic E-state index is 11.6. The van der Waals surface area contributed by atoms with Gasteiger partial charge in [-0.15, -0.1) is 0 Å². The molecule has 0 saturated carbocycles. The molecule has 0 bridgehead atoms. The lowest BCUT2D eigenvalue weighted by Crippen LogP contribution is -2.28. The van der Waals surface area contributed by atoms with Crippen molar-refractivity contribution in [2.75, 3.05) is 0 Å². The lowest BCUT2D eigenvalue weighted by atomic mass is 10.3. The van der Waals surface area contributed by atoms with Crippen LogP contribution in [-0.4, -0.2) is 12.3 Å². The molecule has 1 rings (SSSR count). The fourth-order valence-corrected chi connectivity index (χ4v) is 0.660. The largest absolute Gasteiger partial charge is 0.472 e.